The first-order chi connectivity index (χ1) is 37.2. The van der Waals surface area contributed by atoms with Crippen LogP contribution in [0.3, 0.4) is 0 Å². The molecule has 4 aliphatic carbocycles. The van der Waals surface area contributed by atoms with Crippen LogP contribution < -0.4 is 0 Å². The number of rotatable bonds is 9. The molecule has 0 radical (unpaired) electrons. The number of carboxylic acids is 3. The molecule has 1 fully saturated rings. The summed E-state index contributed by atoms with van der Waals surface area (Å²) in [4.78, 5) is 37.9. The summed E-state index contributed by atoms with van der Waals surface area (Å²) in [5, 5.41) is 40.6. The number of carboxylic acid groups (broad SMARTS) is 3. The molecule has 1 saturated carbocycles. The van der Waals surface area contributed by atoms with E-state index in [9.17, 15) is 19.6 Å². The summed E-state index contributed by atoms with van der Waals surface area (Å²) in [6.45, 7) is 38.6. The number of pyridine rings is 1. The van der Waals surface area contributed by atoms with Crippen molar-refractivity contribution in [3.05, 3.63) is 210 Å². The van der Waals surface area contributed by atoms with E-state index in [4.69, 9.17) is 15.3 Å². The van der Waals surface area contributed by atoms with Gasteiger partial charge in [-0.15, -0.1) is 0 Å². The SMILES string of the molecule is C=C(c1ccc(C(=O)O)cc1)c1cc2c(cc1C)C(C)(C)CCC2(C)C.Cc1cc2c(cc1/C(=N/O)c1ccc(C(=O)O)cc1)C(C)(C)CCC2(C)C.Cc1cc2c(cc1C1(c3ccc(C(=O)O)cn3)CC1)C(C)(C)CCC2(C)C. The fourth-order valence-electron chi connectivity index (χ4n) is 12.9. The van der Waals surface area contributed by atoms with Crippen LogP contribution in [0.5, 0.6) is 0 Å². The fourth-order valence-corrected chi connectivity index (χ4v) is 12.9. The lowest BCUT2D eigenvalue weighted by Gasteiger charge is -2.43. The van der Waals surface area contributed by atoms with Crippen LogP contribution >= 0.6 is 0 Å². The minimum Gasteiger partial charge on any atom is -0.478 e. The van der Waals surface area contributed by atoms with E-state index in [0.29, 0.717) is 16.8 Å². The van der Waals surface area contributed by atoms with E-state index >= 15 is 0 Å². The predicted molar refractivity (Wildman–Crippen MR) is 323 cm³/mol. The number of aromatic nitrogens is 1. The number of hydrogen-bond acceptors (Lipinski definition) is 6. The van der Waals surface area contributed by atoms with Crippen molar-refractivity contribution in [2.24, 2.45) is 5.16 Å². The average molecular weight is 1080 g/mol. The van der Waals surface area contributed by atoms with Gasteiger partial charge in [-0.2, -0.15) is 0 Å². The molecule has 9 nitrogen and oxygen atoms in total. The van der Waals surface area contributed by atoms with Gasteiger partial charge in [-0.05, 0) is 219 Å². The molecule has 6 aromatic rings. The van der Waals surface area contributed by atoms with Gasteiger partial charge >= 0.3 is 17.9 Å². The lowest BCUT2D eigenvalue weighted by Crippen LogP contribution is -2.34. The Bertz CT molecular complexity index is 3450. The maximum atomic E-state index is 11.2. The van der Waals surface area contributed by atoms with Gasteiger partial charge in [-0.1, -0.05) is 149 Å². The summed E-state index contributed by atoms with van der Waals surface area (Å²) < 4.78 is 0. The Morgan fingerprint density at radius 1 is 0.412 bits per heavy atom. The van der Waals surface area contributed by atoms with Gasteiger partial charge in [0.15, 0.2) is 0 Å². The minimum absolute atomic E-state index is 0.0478. The Morgan fingerprint density at radius 3 is 1.10 bits per heavy atom. The molecule has 80 heavy (non-hydrogen) atoms. The molecule has 0 amide bonds. The van der Waals surface area contributed by atoms with E-state index < -0.39 is 17.9 Å². The summed E-state index contributed by atoms with van der Waals surface area (Å²) in [6.07, 6.45) is 10.7. The molecule has 0 atom stereocenters. The number of aromatic carboxylic acids is 3. The summed E-state index contributed by atoms with van der Waals surface area (Å²) in [6, 6.07) is 30.9. The number of benzene rings is 5. The second kappa shape index (κ2) is 21.1. The van der Waals surface area contributed by atoms with E-state index in [2.05, 4.69) is 150 Å². The standard InChI is InChI=1S/C24H29NO2.C24H28O2.C23H27NO3/c1-15-12-18-19(23(4,5)9-8-22(18,2)3)13-17(15)24(10-11-24)20-7-6-16(14-25-20)21(26)27;1-15-13-20-21(24(5,6)12-11-23(20,3)4)14-19(15)16(2)17-7-9-18(10-8-17)22(25)26;1-14-12-18-19(23(4,5)11-10-22(18,2)3)13-17(14)20(24-27)15-6-8-16(9-7-15)21(25)26/h6-7,12-14H,8-11H2,1-5H3,(H,26,27);7-10,13-14H,2,11-12H2,1,3-6H3,(H,25,26);6-9,12-13,27H,10-11H2,1-5H3,(H,25,26)/b;;24-20+. The number of oxime groups is 1. The van der Waals surface area contributed by atoms with Gasteiger partial charge in [0.1, 0.15) is 5.71 Å². The lowest BCUT2D eigenvalue weighted by atomic mass is 9.62. The topological polar surface area (TPSA) is 157 Å². The van der Waals surface area contributed by atoms with Crippen molar-refractivity contribution in [3.63, 3.8) is 0 Å². The number of aryl methyl sites for hydroxylation is 3. The molecule has 5 aromatic carbocycles. The van der Waals surface area contributed by atoms with Gasteiger partial charge in [0.05, 0.1) is 22.4 Å². The van der Waals surface area contributed by atoms with Gasteiger partial charge in [-0.3, -0.25) is 4.98 Å². The molecule has 4 aliphatic rings. The smallest absolute Gasteiger partial charge is 0.337 e. The van der Waals surface area contributed by atoms with Crippen molar-refractivity contribution in [2.75, 3.05) is 0 Å². The molecular weight excluding hydrogens is 993 g/mol. The molecule has 0 bridgehead atoms. The van der Waals surface area contributed by atoms with Gasteiger partial charge in [0.25, 0.3) is 0 Å². The Kier molecular flexibility index (Phi) is 15.5. The Hall–Kier alpha value is -7.13. The van der Waals surface area contributed by atoms with E-state index in [-0.39, 0.29) is 49.0 Å². The monoisotopic (exact) mass is 1080 g/mol. The third kappa shape index (κ3) is 11.3. The molecule has 0 saturated heterocycles. The first kappa shape index (κ1) is 59.0. The van der Waals surface area contributed by atoms with Gasteiger partial charge in [-0.25, -0.2) is 14.4 Å². The van der Waals surface area contributed by atoms with E-state index in [0.717, 1.165) is 59.2 Å². The molecule has 0 spiro atoms. The zero-order valence-corrected chi connectivity index (χ0v) is 50.1. The number of nitrogens with zero attached hydrogens (tertiary/aromatic N) is 2. The highest BCUT2D eigenvalue weighted by Gasteiger charge is 2.50. The fraction of sp³-hybridized carbons (Fsp3) is 0.423. The first-order valence-corrected chi connectivity index (χ1v) is 28.4. The van der Waals surface area contributed by atoms with E-state index in [1.807, 2.05) is 25.1 Å². The van der Waals surface area contributed by atoms with Crippen molar-refractivity contribution in [1.29, 1.82) is 0 Å². The molecule has 1 aromatic heterocycles. The summed E-state index contributed by atoms with van der Waals surface area (Å²) in [7, 11) is 0. The number of fused-ring (bicyclic) bond motifs is 3. The quantitative estimate of drug-likeness (QED) is 0.0633. The van der Waals surface area contributed by atoms with Crippen molar-refractivity contribution in [2.45, 2.75) is 193 Å². The zero-order chi connectivity index (χ0) is 58.9. The molecule has 0 aliphatic heterocycles. The Morgan fingerprint density at radius 2 is 0.738 bits per heavy atom. The van der Waals surface area contributed by atoms with Crippen LogP contribution in [0.25, 0.3) is 5.57 Å². The van der Waals surface area contributed by atoms with Crippen LogP contribution in [0, 0.1) is 20.8 Å². The summed E-state index contributed by atoms with van der Waals surface area (Å²) >= 11 is 0. The van der Waals surface area contributed by atoms with E-state index in [1.54, 1.807) is 30.3 Å². The lowest BCUT2D eigenvalue weighted by molar-refractivity contribution is 0.0685. The third-order valence-electron chi connectivity index (χ3n) is 18.9. The summed E-state index contributed by atoms with van der Waals surface area (Å²) in [5.41, 5.74) is 21.2. The van der Waals surface area contributed by atoms with Crippen LogP contribution in [0.4, 0.5) is 0 Å². The second-order valence-electron chi connectivity index (χ2n) is 27.5. The maximum Gasteiger partial charge on any atom is 0.337 e. The second-order valence-corrected chi connectivity index (χ2v) is 27.5. The van der Waals surface area contributed by atoms with Gasteiger partial charge in [0.2, 0.25) is 0 Å². The first-order valence-electron chi connectivity index (χ1n) is 28.4. The van der Waals surface area contributed by atoms with Crippen LogP contribution in [0.15, 0.2) is 115 Å². The van der Waals surface area contributed by atoms with Crippen LogP contribution in [-0.2, 0) is 37.9 Å². The number of hydrogen-bond donors (Lipinski definition) is 4. The van der Waals surface area contributed by atoms with E-state index in [1.165, 1.54) is 94.1 Å². The molecule has 9 heteroatoms. The molecular formula is C71H84N2O7. The highest BCUT2D eigenvalue weighted by molar-refractivity contribution is 6.14. The Labute approximate surface area is 475 Å². The minimum atomic E-state index is -0.974. The van der Waals surface area contributed by atoms with Crippen molar-refractivity contribution in [1.82, 2.24) is 4.98 Å². The van der Waals surface area contributed by atoms with Crippen molar-refractivity contribution in [3.8, 4) is 0 Å². The van der Waals surface area contributed by atoms with Crippen molar-refractivity contribution < 1.29 is 34.9 Å². The molecule has 1 heterocycles. The van der Waals surface area contributed by atoms with Crippen molar-refractivity contribution >= 4 is 29.2 Å². The van der Waals surface area contributed by atoms with Gasteiger partial charge in [0, 0.05) is 22.7 Å². The molecule has 4 N–H and O–H groups in total. The maximum absolute atomic E-state index is 11.2. The normalized spacial score (nSPS) is 19.0. The van der Waals surface area contributed by atoms with Crippen LogP contribution in [-0.4, -0.2) is 49.1 Å². The molecule has 420 valence electrons. The largest absolute Gasteiger partial charge is 0.478 e. The average Bonchev–Trinajstić information content (AvgIpc) is 4.27. The highest BCUT2D eigenvalue weighted by Crippen LogP contribution is 2.57. The third-order valence-corrected chi connectivity index (χ3v) is 18.9. The molecule has 0 unspecified atom stereocenters. The van der Waals surface area contributed by atoms with Crippen LogP contribution in [0.1, 0.15) is 249 Å². The number of carbonyl (C=O) groups is 3. The Balaban J connectivity index is 0.000000158. The van der Waals surface area contributed by atoms with Crippen LogP contribution in [0.2, 0.25) is 0 Å². The zero-order valence-electron chi connectivity index (χ0n) is 50.1. The molecule has 10 rings (SSSR count). The summed E-state index contributed by atoms with van der Waals surface area (Å²) in [5.74, 6) is -2.80. The predicted octanol–water partition coefficient (Wildman–Crippen LogP) is 16.9. The van der Waals surface area contributed by atoms with Gasteiger partial charge < -0.3 is 20.5 Å². The highest BCUT2D eigenvalue weighted by atomic mass is 16.4.